The van der Waals surface area contributed by atoms with E-state index in [1.54, 1.807) is 6.07 Å². The average molecular weight is 390 g/mol. The van der Waals surface area contributed by atoms with Crippen molar-refractivity contribution >= 4 is 22.5 Å². The van der Waals surface area contributed by atoms with Gasteiger partial charge in [0.05, 0.1) is 5.52 Å². The Balaban J connectivity index is 1.42. The molecule has 0 aliphatic carbocycles. The summed E-state index contributed by atoms with van der Waals surface area (Å²) in [5, 5.41) is 8.60. The highest BCUT2D eigenvalue weighted by Gasteiger charge is 2.14. The van der Waals surface area contributed by atoms with Crippen LogP contribution in [-0.2, 0) is 17.6 Å². The van der Waals surface area contributed by atoms with Crippen LogP contribution in [-0.4, -0.2) is 27.0 Å². The summed E-state index contributed by atoms with van der Waals surface area (Å²) >= 11 is 0. The van der Waals surface area contributed by atoms with Gasteiger partial charge in [-0.15, -0.1) is 0 Å². The summed E-state index contributed by atoms with van der Waals surface area (Å²) in [4.78, 5) is 17.0. The van der Waals surface area contributed by atoms with E-state index in [0.29, 0.717) is 25.8 Å². The van der Waals surface area contributed by atoms with Gasteiger partial charge < -0.3 is 5.32 Å². The van der Waals surface area contributed by atoms with Gasteiger partial charge in [-0.1, -0.05) is 24.3 Å². The third kappa shape index (κ3) is 3.97. The Hall–Kier alpha value is -3.28. The molecule has 1 N–H and O–H groups in total. The molecule has 0 unspecified atom stereocenters. The number of nitrogens with zero attached hydrogens (tertiary/aromatic N) is 3. The number of rotatable bonds is 6. The van der Waals surface area contributed by atoms with Crippen LogP contribution in [0.1, 0.15) is 28.9 Å². The molecule has 2 heterocycles. The third-order valence-corrected chi connectivity index (χ3v) is 5.25. The first-order valence-corrected chi connectivity index (χ1v) is 9.77. The number of amides is 1. The van der Waals surface area contributed by atoms with Crippen LogP contribution in [0.3, 0.4) is 0 Å². The lowest BCUT2D eigenvalue weighted by Gasteiger charge is -2.11. The molecular formula is C23H23FN4O. The molecule has 0 aliphatic rings. The normalized spacial score (nSPS) is 11.3. The van der Waals surface area contributed by atoms with Crippen molar-refractivity contribution in [3.8, 4) is 0 Å². The van der Waals surface area contributed by atoms with Gasteiger partial charge in [-0.25, -0.2) is 13.9 Å². The molecule has 29 heavy (non-hydrogen) atoms. The van der Waals surface area contributed by atoms with Gasteiger partial charge in [0.1, 0.15) is 5.82 Å². The Bertz CT molecular complexity index is 1200. The summed E-state index contributed by atoms with van der Waals surface area (Å²) < 4.78 is 15.1. The fourth-order valence-corrected chi connectivity index (χ4v) is 3.70. The lowest BCUT2D eigenvalue weighted by atomic mass is 10.1. The van der Waals surface area contributed by atoms with Crippen LogP contribution in [0.5, 0.6) is 0 Å². The van der Waals surface area contributed by atoms with E-state index in [4.69, 9.17) is 4.98 Å². The SMILES string of the molecule is Cc1nc2c3ccccc3nn2c(C)c1CCC(=O)NCCc1cccc(F)c1. The summed E-state index contributed by atoms with van der Waals surface area (Å²) in [5.41, 5.74) is 5.61. The quantitative estimate of drug-likeness (QED) is 0.543. The lowest BCUT2D eigenvalue weighted by Crippen LogP contribution is -2.26. The minimum absolute atomic E-state index is 0.0223. The van der Waals surface area contributed by atoms with Crippen molar-refractivity contribution in [1.29, 1.82) is 0 Å². The second kappa shape index (κ2) is 7.99. The summed E-state index contributed by atoms with van der Waals surface area (Å²) in [6.07, 6.45) is 1.58. The van der Waals surface area contributed by atoms with Crippen molar-refractivity contribution in [2.75, 3.05) is 6.54 Å². The number of aromatic nitrogens is 3. The van der Waals surface area contributed by atoms with E-state index in [9.17, 15) is 9.18 Å². The van der Waals surface area contributed by atoms with Crippen molar-refractivity contribution in [1.82, 2.24) is 19.9 Å². The predicted molar refractivity (Wildman–Crippen MR) is 111 cm³/mol. The van der Waals surface area contributed by atoms with Gasteiger partial charge in [-0.3, -0.25) is 4.79 Å². The van der Waals surface area contributed by atoms with Crippen molar-refractivity contribution in [2.24, 2.45) is 0 Å². The Morgan fingerprint density at radius 2 is 1.93 bits per heavy atom. The van der Waals surface area contributed by atoms with E-state index in [-0.39, 0.29) is 11.7 Å². The van der Waals surface area contributed by atoms with Crippen molar-refractivity contribution < 1.29 is 9.18 Å². The fourth-order valence-electron chi connectivity index (χ4n) is 3.70. The standard InChI is InChI=1S/C23H23FN4O/c1-15-19(10-11-22(29)25-13-12-17-6-5-7-18(24)14-17)16(2)28-23(26-15)20-8-3-4-9-21(20)27-28/h3-9,14H,10-13H2,1-2H3,(H,25,29). The molecule has 6 heteroatoms. The fraction of sp³-hybridized carbons (Fsp3) is 0.261. The number of halogens is 1. The van der Waals surface area contributed by atoms with Crippen LogP contribution in [0.25, 0.3) is 16.6 Å². The van der Waals surface area contributed by atoms with Crippen LogP contribution in [0.2, 0.25) is 0 Å². The molecule has 0 fully saturated rings. The van der Waals surface area contributed by atoms with E-state index in [1.165, 1.54) is 12.1 Å². The Morgan fingerprint density at radius 3 is 2.76 bits per heavy atom. The maximum absolute atomic E-state index is 13.2. The molecule has 0 radical (unpaired) electrons. The summed E-state index contributed by atoms with van der Waals surface area (Å²) in [7, 11) is 0. The first kappa shape index (κ1) is 19.1. The number of hydrogen-bond donors (Lipinski definition) is 1. The molecule has 0 saturated carbocycles. The number of hydrogen-bond acceptors (Lipinski definition) is 3. The number of nitrogens with one attached hydrogen (secondary N) is 1. The van der Waals surface area contributed by atoms with Crippen molar-refractivity contribution in [3.05, 3.63) is 76.9 Å². The molecule has 5 nitrogen and oxygen atoms in total. The molecule has 0 aliphatic heterocycles. The molecule has 0 saturated heterocycles. The number of aryl methyl sites for hydroxylation is 2. The minimum Gasteiger partial charge on any atom is -0.356 e. The van der Waals surface area contributed by atoms with Crippen molar-refractivity contribution in [3.63, 3.8) is 0 Å². The van der Waals surface area contributed by atoms with Crippen LogP contribution >= 0.6 is 0 Å². The van der Waals surface area contributed by atoms with Crippen LogP contribution in [0.4, 0.5) is 4.39 Å². The Kier molecular flexibility index (Phi) is 5.25. The smallest absolute Gasteiger partial charge is 0.220 e. The van der Waals surface area contributed by atoms with Gasteiger partial charge in [0.2, 0.25) is 5.91 Å². The maximum atomic E-state index is 13.2. The predicted octanol–water partition coefficient (Wildman–Crippen LogP) is 3.93. The van der Waals surface area contributed by atoms with E-state index in [1.807, 2.05) is 48.7 Å². The average Bonchev–Trinajstić information content (AvgIpc) is 3.07. The van der Waals surface area contributed by atoms with Gasteiger partial charge in [0.15, 0.2) is 5.65 Å². The highest BCUT2D eigenvalue weighted by atomic mass is 19.1. The van der Waals surface area contributed by atoms with Gasteiger partial charge in [0.25, 0.3) is 0 Å². The van der Waals surface area contributed by atoms with Crippen LogP contribution < -0.4 is 5.32 Å². The van der Waals surface area contributed by atoms with Crippen LogP contribution in [0, 0.1) is 19.7 Å². The third-order valence-electron chi connectivity index (χ3n) is 5.25. The number of carbonyl (C=O) groups is 1. The van der Waals surface area contributed by atoms with Gasteiger partial charge >= 0.3 is 0 Å². The van der Waals surface area contributed by atoms with E-state index < -0.39 is 0 Å². The molecule has 0 spiro atoms. The molecular weight excluding hydrogens is 367 g/mol. The zero-order valence-corrected chi connectivity index (χ0v) is 16.6. The van der Waals surface area contributed by atoms with Crippen molar-refractivity contribution in [2.45, 2.75) is 33.1 Å². The molecule has 4 aromatic rings. The molecule has 148 valence electrons. The first-order chi connectivity index (χ1) is 14.0. The molecule has 1 amide bonds. The Labute approximate surface area is 168 Å². The minimum atomic E-state index is -0.256. The highest BCUT2D eigenvalue weighted by molar-refractivity contribution is 5.92. The second-order valence-corrected chi connectivity index (χ2v) is 7.24. The Morgan fingerprint density at radius 1 is 1.10 bits per heavy atom. The molecule has 2 aromatic carbocycles. The second-order valence-electron chi connectivity index (χ2n) is 7.24. The van der Waals surface area contributed by atoms with E-state index in [0.717, 1.165) is 39.1 Å². The molecule has 4 rings (SSSR count). The monoisotopic (exact) mass is 390 g/mol. The summed E-state index contributed by atoms with van der Waals surface area (Å²) in [6, 6.07) is 14.4. The van der Waals surface area contributed by atoms with Gasteiger partial charge in [-0.2, -0.15) is 5.10 Å². The van der Waals surface area contributed by atoms with E-state index >= 15 is 0 Å². The zero-order valence-electron chi connectivity index (χ0n) is 16.6. The first-order valence-electron chi connectivity index (χ1n) is 9.77. The molecule has 0 atom stereocenters. The summed E-state index contributed by atoms with van der Waals surface area (Å²) in [5.74, 6) is -0.278. The lowest BCUT2D eigenvalue weighted by molar-refractivity contribution is -0.121. The van der Waals surface area contributed by atoms with Gasteiger partial charge in [0, 0.05) is 29.7 Å². The topological polar surface area (TPSA) is 59.3 Å². The highest BCUT2D eigenvalue weighted by Crippen LogP contribution is 2.22. The maximum Gasteiger partial charge on any atom is 0.220 e. The molecule has 2 aromatic heterocycles. The molecule has 0 bridgehead atoms. The number of fused-ring (bicyclic) bond motifs is 3. The summed E-state index contributed by atoms with van der Waals surface area (Å²) in [6.45, 7) is 4.48. The number of benzene rings is 2. The largest absolute Gasteiger partial charge is 0.356 e. The zero-order chi connectivity index (χ0) is 20.4. The van der Waals surface area contributed by atoms with Crippen LogP contribution in [0.15, 0.2) is 48.5 Å². The van der Waals surface area contributed by atoms with Gasteiger partial charge in [-0.05, 0) is 62.1 Å². The number of carbonyl (C=O) groups excluding carboxylic acids is 1. The van der Waals surface area contributed by atoms with E-state index in [2.05, 4.69) is 10.4 Å².